The van der Waals surface area contributed by atoms with Crippen LogP contribution >= 0.6 is 0 Å². The number of carbonyl (C=O) groups excluding carboxylic acids is 2. The maximum Gasteiger partial charge on any atom is 0.253 e. The normalized spacial score (nSPS) is 15.6. The number of ether oxygens (including phenoxy) is 1. The summed E-state index contributed by atoms with van der Waals surface area (Å²) in [6.07, 6.45) is 0. The molecular weight excluding hydrogens is 282 g/mol. The van der Waals surface area contributed by atoms with Crippen LogP contribution in [0.15, 0.2) is 30.3 Å². The van der Waals surface area contributed by atoms with E-state index in [1.165, 1.54) is 0 Å². The molecule has 0 saturated carbocycles. The lowest BCUT2D eigenvalue weighted by Crippen LogP contribution is -2.51. The van der Waals surface area contributed by atoms with Crippen LogP contribution in [-0.2, 0) is 9.53 Å². The Morgan fingerprint density at radius 3 is 2.45 bits per heavy atom. The molecule has 1 heterocycles. The van der Waals surface area contributed by atoms with Crippen LogP contribution in [0.1, 0.15) is 10.4 Å². The first-order chi connectivity index (χ1) is 10.7. The van der Waals surface area contributed by atoms with Gasteiger partial charge in [0.2, 0.25) is 5.91 Å². The Morgan fingerprint density at radius 2 is 1.82 bits per heavy atom. The molecule has 6 nitrogen and oxygen atoms in total. The average molecular weight is 305 g/mol. The zero-order valence-corrected chi connectivity index (χ0v) is 13.0. The smallest absolute Gasteiger partial charge is 0.253 e. The predicted molar refractivity (Wildman–Crippen MR) is 83.7 cm³/mol. The molecule has 1 fully saturated rings. The Balaban J connectivity index is 1.74. The van der Waals surface area contributed by atoms with Crippen molar-refractivity contribution in [1.82, 2.24) is 15.1 Å². The molecule has 6 heteroatoms. The first-order valence-electron chi connectivity index (χ1n) is 7.53. The van der Waals surface area contributed by atoms with E-state index in [1.807, 2.05) is 35.2 Å². The number of benzene rings is 1. The Kier molecular flexibility index (Phi) is 6.36. The quantitative estimate of drug-likeness (QED) is 0.763. The molecule has 0 radical (unpaired) electrons. The Hall–Kier alpha value is -1.92. The fourth-order valence-corrected chi connectivity index (χ4v) is 2.42. The number of hydrogen-bond donors (Lipinski definition) is 1. The number of rotatable bonds is 6. The average Bonchev–Trinajstić information content (AvgIpc) is 2.56. The first-order valence-corrected chi connectivity index (χ1v) is 7.53. The number of nitrogens with zero attached hydrogens (tertiary/aromatic N) is 2. The lowest BCUT2D eigenvalue weighted by atomic mass is 10.2. The maximum atomic E-state index is 12.3. The van der Waals surface area contributed by atoms with Gasteiger partial charge in [0.05, 0.1) is 13.2 Å². The summed E-state index contributed by atoms with van der Waals surface area (Å²) >= 11 is 0. The largest absolute Gasteiger partial charge is 0.383 e. The predicted octanol–water partition coefficient (Wildman–Crippen LogP) is 0.207. The van der Waals surface area contributed by atoms with Crippen LogP contribution in [0.5, 0.6) is 0 Å². The van der Waals surface area contributed by atoms with Gasteiger partial charge in [-0.25, -0.2) is 0 Å². The van der Waals surface area contributed by atoms with Crippen molar-refractivity contribution in [2.75, 3.05) is 53.0 Å². The van der Waals surface area contributed by atoms with E-state index in [0.717, 1.165) is 13.1 Å². The summed E-state index contributed by atoms with van der Waals surface area (Å²) in [4.78, 5) is 28.0. The van der Waals surface area contributed by atoms with Crippen molar-refractivity contribution in [1.29, 1.82) is 0 Å². The molecule has 1 aliphatic rings. The third kappa shape index (κ3) is 4.82. The van der Waals surface area contributed by atoms with E-state index in [-0.39, 0.29) is 11.8 Å². The van der Waals surface area contributed by atoms with Gasteiger partial charge in [0, 0.05) is 45.4 Å². The molecule has 0 spiro atoms. The van der Waals surface area contributed by atoms with Gasteiger partial charge < -0.3 is 15.0 Å². The third-order valence-electron chi connectivity index (χ3n) is 3.68. The highest BCUT2D eigenvalue weighted by Gasteiger charge is 2.22. The van der Waals surface area contributed by atoms with Crippen LogP contribution in [0.3, 0.4) is 0 Å². The lowest BCUT2D eigenvalue weighted by molar-refractivity contribution is -0.122. The summed E-state index contributed by atoms with van der Waals surface area (Å²) in [6, 6.07) is 9.30. The monoisotopic (exact) mass is 305 g/mol. The third-order valence-corrected chi connectivity index (χ3v) is 3.68. The molecule has 120 valence electrons. The highest BCUT2D eigenvalue weighted by molar-refractivity contribution is 5.94. The molecule has 1 aliphatic heterocycles. The van der Waals surface area contributed by atoms with E-state index in [9.17, 15) is 9.59 Å². The van der Waals surface area contributed by atoms with Crippen molar-refractivity contribution in [2.24, 2.45) is 0 Å². The van der Waals surface area contributed by atoms with E-state index in [1.54, 1.807) is 7.11 Å². The van der Waals surface area contributed by atoms with Gasteiger partial charge in [0.25, 0.3) is 5.91 Å². The van der Waals surface area contributed by atoms with E-state index in [0.29, 0.717) is 38.3 Å². The molecule has 0 aliphatic carbocycles. The van der Waals surface area contributed by atoms with Crippen LogP contribution in [0.25, 0.3) is 0 Å². The number of methoxy groups -OCH3 is 1. The zero-order valence-electron chi connectivity index (χ0n) is 13.0. The van der Waals surface area contributed by atoms with Gasteiger partial charge in [-0.1, -0.05) is 18.2 Å². The second-order valence-electron chi connectivity index (χ2n) is 5.28. The Morgan fingerprint density at radius 1 is 1.14 bits per heavy atom. The Bertz CT molecular complexity index is 485. The van der Waals surface area contributed by atoms with E-state index < -0.39 is 0 Å². The van der Waals surface area contributed by atoms with Crippen LogP contribution in [0.4, 0.5) is 0 Å². The summed E-state index contributed by atoms with van der Waals surface area (Å²) in [6.45, 7) is 4.16. The Labute approximate surface area is 131 Å². The molecule has 1 saturated heterocycles. The minimum Gasteiger partial charge on any atom is -0.383 e. The van der Waals surface area contributed by atoms with Crippen molar-refractivity contribution in [3.63, 3.8) is 0 Å². The summed E-state index contributed by atoms with van der Waals surface area (Å²) in [5.74, 6) is 0.0599. The highest BCUT2D eigenvalue weighted by atomic mass is 16.5. The topological polar surface area (TPSA) is 61.9 Å². The number of piperazine rings is 1. The highest BCUT2D eigenvalue weighted by Crippen LogP contribution is 2.08. The fraction of sp³-hybridized carbons (Fsp3) is 0.500. The summed E-state index contributed by atoms with van der Waals surface area (Å²) < 4.78 is 4.89. The van der Waals surface area contributed by atoms with E-state index in [2.05, 4.69) is 10.2 Å². The summed E-state index contributed by atoms with van der Waals surface area (Å²) in [7, 11) is 1.61. The second-order valence-corrected chi connectivity index (χ2v) is 5.28. The second kappa shape index (κ2) is 8.51. The molecule has 22 heavy (non-hydrogen) atoms. The number of hydrogen-bond acceptors (Lipinski definition) is 4. The van der Waals surface area contributed by atoms with Gasteiger partial charge in [-0.15, -0.1) is 0 Å². The van der Waals surface area contributed by atoms with Crippen LogP contribution in [0.2, 0.25) is 0 Å². The zero-order chi connectivity index (χ0) is 15.8. The summed E-state index contributed by atoms with van der Waals surface area (Å²) in [5.41, 5.74) is 0.716. The number of amides is 2. The summed E-state index contributed by atoms with van der Waals surface area (Å²) in [5, 5.41) is 2.80. The minimum absolute atomic E-state index is 0.000106. The molecule has 2 amide bonds. The van der Waals surface area contributed by atoms with Crippen molar-refractivity contribution in [3.05, 3.63) is 35.9 Å². The SMILES string of the molecule is COCCNC(=O)CN1CCN(C(=O)c2ccccc2)CC1. The fourth-order valence-electron chi connectivity index (χ4n) is 2.42. The molecular formula is C16H23N3O3. The van der Waals surface area contributed by atoms with Gasteiger partial charge in [-0.2, -0.15) is 0 Å². The van der Waals surface area contributed by atoms with Crippen molar-refractivity contribution in [2.45, 2.75) is 0 Å². The van der Waals surface area contributed by atoms with Crippen molar-refractivity contribution >= 4 is 11.8 Å². The molecule has 0 aromatic heterocycles. The van der Waals surface area contributed by atoms with Crippen molar-refractivity contribution < 1.29 is 14.3 Å². The van der Waals surface area contributed by atoms with Crippen LogP contribution < -0.4 is 5.32 Å². The van der Waals surface area contributed by atoms with Gasteiger partial charge in [-0.3, -0.25) is 14.5 Å². The van der Waals surface area contributed by atoms with Gasteiger partial charge in [0.15, 0.2) is 0 Å². The van der Waals surface area contributed by atoms with Gasteiger partial charge in [-0.05, 0) is 12.1 Å². The minimum atomic E-state index is -0.000106. The number of nitrogens with one attached hydrogen (secondary N) is 1. The standard InChI is InChI=1S/C16H23N3O3/c1-22-12-7-17-15(20)13-18-8-10-19(11-9-18)16(21)14-5-3-2-4-6-14/h2-6H,7-13H2,1H3,(H,17,20). The van der Waals surface area contributed by atoms with Gasteiger partial charge >= 0.3 is 0 Å². The maximum absolute atomic E-state index is 12.3. The lowest BCUT2D eigenvalue weighted by Gasteiger charge is -2.34. The van der Waals surface area contributed by atoms with Crippen LogP contribution in [0, 0.1) is 0 Å². The molecule has 1 N–H and O–H groups in total. The molecule has 1 aromatic rings. The van der Waals surface area contributed by atoms with Gasteiger partial charge in [0.1, 0.15) is 0 Å². The number of carbonyl (C=O) groups is 2. The molecule has 0 bridgehead atoms. The van der Waals surface area contributed by atoms with Crippen molar-refractivity contribution in [3.8, 4) is 0 Å². The van der Waals surface area contributed by atoms with E-state index in [4.69, 9.17) is 4.74 Å². The molecule has 2 rings (SSSR count). The molecule has 0 atom stereocenters. The molecule has 1 aromatic carbocycles. The van der Waals surface area contributed by atoms with Crippen LogP contribution in [-0.4, -0.2) is 74.6 Å². The molecule has 0 unspecified atom stereocenters. The van der Waals surface area contributed by atoms with E-state index >= 15 is 0 Å². The first kappa shape index (κ1) is 16.5.